The third-order valence-corrected chi connectivity index (χ3v) is 8.14. The Morgan fingerprint density at radius 2 is 1.66 bits per heavy atom. The minimum absolute atomic E-state index is 0.0619. The fourth-order valence-electron chi connectivity index (χ4n) is 6.64. The van der Waals surface area contributed by atoms with Gasteiger partial charge in [-0.15, -0.1) is 0 Å². The van der Waals surface area contributed by atoms with Crippen molar-refractivity contribution in [3.63, 3.8) is 0 Å². The Kier molecular flexibility index (Phi) is 9.78. The second kappa shape index (κ2) is 12.3. The van der Waals surface area contributed by atoms with E-state index in [1.54, 1.807) is 0 Å². The van der Waals surface area contributed by atoms with Gasteiger partial charge < -0.3 is 15.4 Å². The lowest BCUT2D eigenvalue weighted by Crippen LogP contribution is -2.46. The molecule has 0 aliphatic heterocycles. The summed E-state index contributed by atoms with van der Waals surface area (Å²) in [5.74, 6) is 3.93. The van der Waals surface area contributed by atoms with Gasteiger partial charge in [0.2, 0.25) is 5.91 Å². The van der Waals surface area contributed by atoms with Crippen LogP contribution < -0.4 is 10.6 Å². The van der Waals surface area contributed by atoms with Gasteiger partial charge in [0.15, 0.2) is 0 Å². The van der Waals surface area contributed by atoms with Crippen molar-refractivity contribution in [1.29, 1.82) is 0 Å². The first-order valence-electron chi connectivity index (χ1n) is 12.8. The van der Waals surface area contributed by atoms with Crippen LogP contribution in [-0.2, 0) is 9.53 Å². The number of hydrogen-bond donors (Lipinski definition) is 2. The van der Waals surface area contributed by atoms with Crippen LogP contribution in [0.4, 0.5) is 0 Å². The van der Waals surface area contributed by atoms with E-state index in [0.29, 0.717) is 11.8 Å². The van der Waals surface area contributed by atoms with Crippen LogP contribution in [0.1, 0.15) is 90.4 Å². The molecule has 2 N–H and O–H groups in total. The summed E-state index contributed by atoms with van der Waals surface area (Å²) < 4.78 is 6.49. The molecule has 0 saturated heterocycles. The van der Waals surface area contributed by atoms with Crippen LogP contribution in [0.3, 0.4) is 0 Å². The summed E-state index contributed by atoms with van der Waals surface area (Å²) in [7, 11) is 2.09. The van der Waals surface area contributed by atoms with Gasteiger partial charge in [-0.1, -0.05) is 51.9 Å². The van der Waals surface area contributed by atoms with Gasteiger partial charge in [-0.2, -0.15) is 0 Å². The first-order valence-corrected chi connectivity index (χ1v) is 12.8. The lowest BCUT2D eigenvalue weighted by Gasteiger charge is -2.45. The molecule has 0 aromatic heterocycles. The third kappa shape index (κ3) is 6.69. The number of nitrogens with one attached hydrogen (secondary N) is 2. The second-order valence-electron chi connectivity index (χ2n) is 10.1. The van der Waals surface area contributed by atoms with Crippen molar-refractivity contribution >= 4 is 5.91 Å². The van der Waals surface area contributed by atoms with E-state index in [2.05, 4.69) is 24.6 Å². The molecule has 3 rings (SSSR count). The summed E-state index contributed by atoms with van der Waals surface area (Å²) >= 11 is 0. The molecule has 4 nitrogen and oxygen atoms in total. The Balaban J connectivity index is 1.67. The summed E-state index contributed by atoms with van der Waals surface area (Å²) in [6, 6.07) is 0. The van der Waals surface area contributed by atoms with E-state index in [1.807, 2.05) is 0 Å². The van der Waals surface area contributed by atoms with Gasteiger partial charge in [0, 0.05) is 19.0 Å². The van der Waals surface area contributed by atoms with Crippen LogP contribution in [-0.4, -0.2) is 38.8 Å². The molecular formula is C25H46N2O2. The molecule has 3 fully saturated rings. The van der Waals surface area contributed by atoms with Crippen LogP contribution in [0.5, 0.6) is 0 Å². The zero-order valence-corrected chi connectivity index (χ0v) is 19.1. The highest BCUT2D eigenvalue weighted by Gasteiger charge is 2.40. The monoisotopic (exact) mass is 406 g/mol. The van der Waals surface area contributed by atoms with Crippen LogP contribution in [0.25, 0.3) is 0 Å². The Bertz CT molecular complexity index is 477. The van der Waals surface area contributed by atoms with Gasteiger partial charge in [0.25, 0.3) is 0 Å². The van der Waals surface area contributed by atoms with Gasteiger partial charge in [-0.25, -0.2) is 0 Å². The van der Waals surface area contributed by atoms with Crippen molar-refractivity contribution in [2.75, 3.05) is 26.7 Å². The molecule has 5 atom stereocenters. The number of ether oxygens (including phenoxy) is 1. The minimum Gasteiger partial charge on any atom is -0.368 e. The summed E-state index contributed by atoms with van der Waals surface area (Å²) in [4.78, 5) is 12.3. The van der Waals surface area contributed by atoms with Crippen molar-refractivity contribution < 1.29 is 9.53 Å². The molecule has 0 aromatic rings. The van der Waals surface area contributed by atoms with Crippen LogP contribution in [0.15, 0.2) is 0 Å². The molecule has 0 aromatic carbocycles. The predicted molar refractivity (Wildman–Crippen MR) is 120 cm³/mol. The van der Waals surface area contributed by atoms with Gasteiger partial charge >= 0.3 is 0 Å². The molecule has 0 heterocycles. The number of carbonyl (C=O) groups is 1. The van der Waals surface area contributed by atoms with Crippen LogP contribution >= 0.6 is 0 Å². The van der Waals surface area contributed by atoms with Crippen molar-refractivity contribution in [2.24, 2.45) is 29.6 Å². The van der Waals surface area contributed by atoms with Crippen LogP contribution in [0, 0.1) is 29.6 Å². The number of fused-ring (bicyclic) bond motifs is 1. The van der Waals surface area contributed by atoms with E-state index >= 15 is 0 Å². The molecule has 3 aliphatic rings. The first-order chi connectivity index (χ1) is 14.2. The van der Waals surface area contributed by atoms with Gasteiger partial charge in [-0.3, -0.25) is 4.79 Å². The molecule has 29 heavy (non-hydrogen) atoms. The Labute approximate surface area is 179 Å². The normalized spacial score (nSPS) is 30.3. The molecule has 3 saturated carbocycles. The van der Waals surface area contributed by atoms with Crippen LogP contribution in [0.2, 0.25) is 0 Å². The average molecular weight is 407 g/mol. The minimum atomic E-state index is 0.0619. The van der Waals surface area contributed by atoms with E-state index in [-0.39, 0.29) is 18.6 Å². The molecule has 4 heteroatoms. The molecular weight excluding hydrogens is 360 g/mol. The van der Waals surface area contributed by atoms with E-state index < -0.39 is 0 Å². The fourth-order valence-corrected chi connectivity index (χ4v) is 6.64. The highest BCUT2D eigenvalue weighted by Crippen LogP contribution is 2.47. The maximum atomic E-state index is 12.3. The zero-order valence-electron chi connectivity index (χ0n) is 19.1. The Hall–Kier alpha value is -0.610. The van der Waals surface area contributed by atoms with Gasteiger partial charge in [-0.05, 0) is 69.2 Å². The standard InChI is InChI=1S/C25H46N2O2/c1-3-15-27-24(28)18-29-25(20-10-5-4-6-11-20)23(17-26-2)22-14-13-19-9-7-8-12-21(19)16-22/h19-23,25-26H,3-18H2,1-2H3,(H,27,28)/t19?,21?,22?,23-,25-/m1/s1. The Morgan fingerprint density at radius 3 is 2.38 bits per heavy atom. The van der Waals surface area contributed by atoms with E-state index in [9.17, 15) is 4.79 Å². The maximum Gasteiger partial charge on any atom is 0.246 e. The van der Waals surface area contributed by atoms with E-state index in [0.717, 1.165) is 37.3 Å². The van der Waals surface area contributed by atoms with Crippen molar-refractivity contribution in [3.05, 3.63) is 0 Å². The second-order valence-corrected chi connectivity index (χ2v) is 10.1. The van der Waals surface area contributed by atoms with E-state index in [1.165, 1.54) is 77.0 Å². The molecule has 0 spiro atoms. The topological polar surface area (TPSA) is 50.4 Å². The lowest BCUT2D eigenvalue weighted by atomic mass is 9.63. The summed E-state index contributed by atoms with van der Waals surface area (Å²) in [5, 5.41) is 6.50. The smallest absolute Gasteiger partial charge is 0.246 e. The maximum absolute atomic E-state index is 12.3. The Morgan fingerprint density at radius 1 is 0.931 bits per heavy atom. The highest BCUT2D eigenvalue weighted by atomic mass is 16.5. The molecule has 168 valence electrons. The number of hydrogen-bond acceptors (Lipinski definition) is 3. The lowest BCUT2D eigenvalue weighted by molar-refractivity contribution is -0.133. The number of carbonyl (C=O) groups excluding carboxylic acids is 1. The number of amides is 1. The van der Waals surface area contributed by atoms with Gasteiger partial charge in [0.05, 0.1) is 6.10 Å². The summed E-state index contributed by atoms with van der Waals surface area (Å²) in [5.41, 5.74) is 0. The van der Waals surface area contributed by atoms with Crippen molar-refractivity contribution in [2.45, 2.75) is 96.5 Å². The van der Waals surface area contributed by atoms with E-state index in [4.69, 9.17) is 4.74 Å². The fraction of sp³-hybridized carbons (Fsp3) is 0.960. The average Bonchev–Trinajstić information content (AvgIpc) is 2.77. The zero-order chi connectivity index (χ0) is 20.5. The predicted octanol–water partition coefficient (Wildman–Crippen LogP) is 4.92. The molecule has 0 bridgehead atoms. The van der Waals surface area contributed by atoms with Crippen molar-refractivity contribution in [1.82, 2.24) is 10.6 Å². The number of rotatable bonds is 10. The van der Waals surface area contributed by atoms with Crippen molar-refractivity contribution in [3.8, 4) is 0 Å². The molecule has 3 aliphatic carbocycles. The SMILES string of the molecule is CCCNC(=O)CO[C@H](C1CCCCC1)[C@H](CNC)C1CCC2CCCCC2C1. The summed E-state index contributed by atoms with van der Waals surface area (Å²) in [6.45, 7) is 4.11. The largest absolute Gasteiger partial charge is 0.368 e. The third-order valence-electron chi connectivity index (χ3n) is 8.14. The summed E-state index contributed by atoms with van der Waals surface area (Å²) in [6.07, 6.45) is 17.8. The first kappa shape index (κ1) is 23.1. The quantitative estimate of drug-likeness (QED) is 0.541. The molecule has 3 unspecified atom stereocenters. The van der Waals surface area contributed by atoms with Gasteiger partial charge in [0.1, 0.15) is 6.61 Å². The molecule has 1 amide bonds. The molecule has 0 radical (unpaired) electrons. The highest BCUT2D eigenvalue weighted by molar-refractivity contribution is 5.77.